The maximum atomic E-state index is 11.7. The highest BCUT2D eigenvalue weighted by Gasteiger charge is 2.17. The zero-order valence-corrected chi connectivity index (χ0v) is 13.1. The average Bonchev–Trinajstić information content (AvgIpc) is 2.39. The molecule has 0 aromatic rings. The monoisotopic (exact) mass is 286 g/mol. The summed E-state index contributed by atoms with van der Waals surface area (Å²) in [7, 11) is 0. The van der Waals surface area contributed by atoms with Crippen LogP contribution in [0.5, 0.6) is 0 Å². The predicted octanol–water partition coefficient (Wildman–Crippen LogP) is 3.15. The van der Waals surface area contributed by atoms with Gasteiger partial charge >= 0.3 is 12.0 Å². The number of hydrogen-bond donors (Lipinski definition) is 3. The smallest absolute Gasteiger partial charge is 0.315 e. The van der Waals surface area contributed by atoms with Crippen molar-refractivity contribution in [2.75, 3.05) is 6.54 Å². The fourth-order valence-electron chi connectivity index (χ4n) is 2.10. The van der Waals surface area contributed by atoms with Gasteiger partial charge in [0.05, 0.1) is 5.92 Å². The Balaban J connectivity index is 3.82. The van der Waals surface area contributed by atoms with Gasteiger partial charge in [-0.15, -0.1) is 0 Å². The first-order chi connectivity index (χ1) is 9.51. The SMILES string of the molecule is CCCCCCC(C)NC(=O)NCC(CCC)C(=O)O. The van der Waals surface area contributed by atoms with Crippen molar-refractivity contribution in [3.8, 4) is 0 Å². The number of carbonyl (C=O) groups excluding carboxylic acids is 1. The Morgan fingerprint density at radius 1 is 1.05 bits per heavy atom. The molecule has 118 valence electrons. The van der Waals surface area contributed by atoms with Crippen molar-refractivity contribution in [1.29, 1.82) is 0 Å². The summed E-state index contributed by atoms with van der Waals surface area (Å²) in [4.78, 5) is 22.6. The summed E-state index contributed by atoms with van der Waals surface area (Å²) in [5.74, 6) is -1.34. The summed E-state index contributed by atoms with van der Waals surface area (Å²) in [6.45, 7) is 6.28. The van der Waals surface area contributed by atoms with Gasteiger partial charge in [0.25, 0.3) is 0 Å². The molecule has 3 N–H and O–H groups in total. The summed E-state index contributed by atoms with van der Waals surface area (Å²) in [6, 6.07) is -0.142. The van der Waals surface area contributed by atoms with E-state index in [0.29, 0.717) is 6.42 Å². The molecule has 0 aromatic heterocycles. The molecule has 0 spiro atoms. The molecule has 5 heteroatoms. The summed E-state index contributed by atoms with van der Waals surface area (Å²) in [5.41, 5.74) is 0. The standard InChI is InChI=1S/C15H30N2O3/c1-4-6-7-8-10-12(3)17-15(20)16-11-13(9-5-2)14(18)19/h12-13H,4-11H2,1-3H3,(H,18,19)(H2,16,17,20). The summed E-state index contributed by atoms with van der Waals surface area (Å²) < 4.78 is 0. The van der Waals surface area contributed by atoms with E-state index in [1.54, 1.807) is 0 Å². The van der Waals surface area contributed by atoms with Crippen LogP contribution in [0, 0.1) is 5.92 Å². The number of unbranched alkanes of at least 4 members (excludes halogenated alkanes) is 3. The Bertz CT molecular complexity index is 282. The second-order valence-electron chi connectivity index (χ2n) is 5.43. The average molecular weight is 286 g/mol. The second kappa shape index (κ2) is 11.6. The Morgan fingerprint density at radius 3 is 2.30 bits per heavy atom. The second-order valence-corrected chi connectivity index (χ2v) is 5.43. The van der Waals surface area contributed by atoms with Gasteiger partial charge in [0.15, 0.2) is 0 Å². The third kappa shape index (κ3) is 9.64. The zero-order valence-electron chi connectivity index (χ0n) is 13.1. The van der Waals surface area contributed by atoms with Crippen molar-refractivity contribution in [3.63, 3.8) is 0 Å². The molecule has 2 amide bonds. The van der Waals surface area contributed by atoms with Crippen LogP contribution < -0.4 is 10.6 Å². The molecule has 0 rings (SSSR count). The fraction of sp³-hybridized carbons (Fsp3) is 0.867. The van der Waals surface area contributed by atoms with Crippen molar-refractivity contribution < 1.29 is 14.7 Å². The van der Waals surface area contributed by atoms with Crippen molar-refractivity contribution in [1.82, 2.24) is 10.6 Å². The number of carboxylic acids is 1. The first-order valence-electron chi connectivity index (χ1n) is 7.78. The van der Waals surface area contributed by atoms with Gasteiger partial charge in [-0.05, 0) is 19.8 Å². The van der Waals surface area contributed by atoms with Crippen molar-refractivity contribution in [3.05, 3.63) is 0 Å². The van der Waals surface area contributed by atoms with Crippen LogP contribution in [0.4, 0.5) is 4.79 Å². The summed E-state index contributed by atoms with van der Waals surface area (Å²) in [6.07, 6.45) is 7.10. The lowest BCUT2D eigenvalue weighted by atomic mass is 10.0. The first-order valence-corrected chi connectivity index (χ1v) is 7.78. The van der Waals surface area contributed by atoms with E-state index in [1.807, 2.05) is 13.8 Å². The van der Waals surface area contributed by atoms with Crippen LogP contribution in [0.25, 0.3) is 0 Å². The molecular weight excluding hydrogens is 256 g/mol. The number of nitrogens with one attached hydrogen (secondary N) is 2. The van der Waals surface area contributed by atoms with Crippen LogP contribution in [0.15, 0.2) is 0 Å². The van der Waals surface area contributed by atoms with Gasteiger partial charge in [-0.3, -0.25) is 4.79 Å². The molecule has 0 aliphatic rings. The van der Waals surface area contributed by atoms with Gasteiger partial charge < -0.3 is 15.7 Å². The largest absolute Gasteiger partial charge is 0.481 e. The molecule has 0 aliphatic carbocycles. The molecule has 2 atom stereocenters. The topological polar surface area (TPSA) is 78.4 Å². The Morgan fingerprint density at radius 2 is 1.75 bits per heavy atom. The Hall–Kier alpha value is -1.26. The maximum absolute atomic E-state index is 11.7. The lowest BCUT2D eigenvalue weighted by molar-refractivity contribution is -0.141. The van der Waals surface area contributed by atoms with Gasteiger partial charge in [-0.2, -0.15) is 0 Å². The van der Waals surface area contributed by atoms with Gasteiger partial charge in [0, 0.05) is 12.6 Å². The third-order valence-electron chi connectivity index (χ3n) is 3.36. The molecule has 0 fully saturated rings. The molecule has 20 heavy (non-hydrogen) atoms. The molecule has 0 aromatic carbocycles. The highest BCUT2D eigenvalue weighted by Crippen LogP contribution is 2.06. The Kier molecular flexibility index (Phi) is 10.8. The van der Waals surface area contributed by atoms with E-state index in [2.05, 4.69) is 17.6 Å². The Labute approximate surface area is 122 Å². The number of rotatable bonds is 11. The molecule has 0 saturated carbocycles. The van der Waals surface area contributed by atoms with E-state index >= 15 is 0 Å². The molecule has 0 radical (unpaired) electrons. The van der Waals surface area contributed by atoms with Crippen molar-refractivity contribution in [2.24, 2.45) is 5.92 Å². The minimum Gasteiger partial charge on any atom is -0.481 e. The van der Waals surface area contributed by atoms with Crippen LogP contribution in [-0.2, 0) is 4.79 Å². The van der Waals surface area contributed by atoms with E-state index in [-0.39, 0.29) is 18.6 Å². The maximum Gasteiger partial charge on any atom is 0.315 e. The van der Waals surface area contributed by atoms with Crippen LogP contribution in [0.1, 0.15) is 65.7 Å². The molecule has 0 aliphatic heterocycles. The molecule has 5 nitrogen and oxygen atoms in total. The lowest BCUT2D eigenvalue weighted by Crippen LogP contribution is -2.43. The minimum absolute atomic E-state index is 0.126. The first kappa shape index (κ1) is 18.7. The quantitative estimate of drug-likeness (QED) is 0.510. The number of carboxylic acid groups (broad SMARTS) is 1. The predicted molar refractivity (Wildman–Crippen MR) is 80.8 cm³/mol. The van der Waals surface area contributed by atoms with E-state index in [0.717, 1.165) is 19.3 Å². The van der Waals surface area contributed by atoms with Crippen molar-refractivity contribution in [2.45, 2.75) is 71.8 Å². The van der Waals surface area contributed by atoms with Crippen LogP contribution in [-0.4, -0.2) is 29.7 Å². The van der Waals surface area contributed by atoms with E-state index in [1.165, 1.54) is 19.3 Å². The van der Waals surface area contributed by atoms with Gasteiger partial charge in [-0.25, -0.2) is 4.79 Å². The van der Waals surface area contributed by atoms with Crippen LogP contribution >= 0.6 is 0 Å². The number of hydrogen-bond acceptors (Lipinski definition) is 2. The lowest BCUT2D eigenvalue weighted by Gasteiger charge is -2.16. The van der Waals surface area contributed by atoms with Gasteiger partial charge in [0.1, 0.15) is 0 Å². The zero-order chi connectivity index (χ0) is 15.4. The van der Waals surface area contributed by atoms with Crippen molar-refractivity contribution >= 4 is 12.0 Å². The van der Waals surface area contributed by atoms with E-state index in [4.69, 9.17) is 5.11 Å². The molecule has 0 heterocycles. The summed E-state index contributed by atoms with van der Waals surface area (Å²) >= 11 is 0. The fourth-order valence-corrected chi connectivity index (χ4v) is 2.10. The molecule has 0 bridgehead atoms. The third-order valence-corrected chi connectivity index (χ3v) is 3.36. The van der Waals surface area contributed by atoms with Crippen LogP contribution in [0.2, 0.25) is 0 Å². The van der Waals surface area contributed by atoms with Gasteiger partial charge in [0.2, 0.25) is 0 Å². The van der Waals surface area contributed by atoms with Crippen LogP contribution in [0.3, 0.4) is 0 Å². The number of carbonyl (C=O) groups is 2. The summed E-state index contributed by atoms with van der Waals surface area (Å²) in [5, 5.41) is 14.5. The molecule has 2 unspecified atom stereocenters. The normalized spacial score (nSPS) is 13.6. The van der Waals surface area contributed by atoms with Gasteiger partial charge in [-0.1, -0.05) is 46.0 Å². The highest BCUT2D eigenvalue weighted by atomic mass is 16.4. The minimum atomic E-state index is -0.847. The number of amides is 2. The molecule has 0 saturated heterocycles. The molecular formula is C15H30N2O3. The highest BCUT2D eigenvalue weighted by molar-refractivity contribution is 5.76. The number of urea groups is 1. The van der Waals surface area contributed by atoms with E-state index < -0.39 is 11.9 Å². The van der Waals surface area contributed by atoms with E-state index in [9.17, 15) is 9.59 Å². The number of aliphatic carboxylic acids is 1.